The van der Waals surface area contributed by atoms with Gasteiger partial charge in [-0.3, -0.25) is 0 Å². The first-order valence-electron chi connectivity index (χ1n) is 8.97. The molecule has 116 valence electrons. The maximum absolute atomic E-state index is 3.84. The third kappa shape index (κ3) is 4.31. The summed E-state index contributed by atoms with van der Waals surface area (Å²) in [5, 5.41) is 3.84. The van der Waals surface area contributed by atoms with Crippen molar-refractivity contribution < 1.29 is 0 Å². The van der Waals surface area contributed by atoms with E-state index in [1.165, 1.54) is 71.0 Å². The molecule has 1 N–H and O–H groups in total. The molecule has 1 aromatic rings. The van der Waals surface area contributed by atoms with Gasteiger partial charge in [-0.1, -0.05) is 43.5 Å². The van der Waals surface area contributed by atoms with Gasteiger partial charge in [-0.25, -0.2) is 0 Å². The van der Waals surface area contributed by atoms with Crippen LogP contribution in [0.5, 0.6) is 0 Å². The summed E-state index contributed by atoms with van der Waals surface area (Å²) >= 11 is 0. The highest BCUT2D eigenvalue weighted by atomic mass is 15.1. The molecule has 2 heteroatoms. The van der Waals surface area contributed by atoms with E-state index in [1.807, 2.05) is 0 Å². The Morgan fingerprint density at radius 1 is 0.952 bits per heavy atom. The molecule has 2 aliphatic rings. The lowest BCUT2D eigenvalue weighted by Gasteiger charge is -2.23. The predicted molar refractivity (Wildman–Crippen MR) is 89.6 cm³/mol. The summed E-state index contributed by atoms with van der Waals surface area (Å²) in [5.74, 6) is 0. The Labute approximate surface area is 129 Å². The van der Waals surface area contributed by atoms with Crippen molar-refractivity contribution in [3.05, 3.63) is 35.4 Å². The first-order valence-corrected chi connectivity index (χ1v) is 8.97. The highest BCUT2D eigenvalue weighted by Gasteiger charge is 2.18. The van der Waals surface area contributed by atoms with Crippen LogP contribution >= 0.6 is 0 Å². The lowest BCUT2D eigenvalue weighted by Crippen LogP contribution is -2.34. The van der Waals surface area contributed by atoms with E-state index in [1.54, 1.807) is 11.1 Å². The van der Waals surface area contributed by atoms with Gasteiger partial charge in [0, 0.05) is 19.1 Å². The monoisotopic (exact) mass is 286 g/mol. The van der Waals surface area contributed by atoms with Gasteiger partial charge in [-0.2, -0.15) is 0 Å². The number of aryl methyl sites for hydroxylation is 1. The normalized spacial score (nSPS) is 24.1. The van der Waals surface area contributed by atoms with Gasteiger partial charge in [0.1, 0.15) is 0 Å². The number of likely N-dealkylation sites (tertiary alicyclic amines) is 1. The van der Waals surface area contributed by atoms with Crippen molar-refractivity contribution >= 4 is 0 Å². The van der Waals surface area contributed by atoms with Crippen molar-refractivity contribution in [1.82, 2.24) is 10.2 Å². The maximum Gasteiger partial charge on any atom is 0.0323 e. The van der Waals surface area contributed by atoms with E-state index in [4.69, 9.17) is 0 Å². The van der Waals surface area contributed by atoms with Crippen LogP contribution in [0.15, 0.2) is 24.3 Å². The summed E-state index contributed by atoms with van der Waals surface area (Å²) in [7, 11) is 0. The van der Waals surface area contributed by atoms with Crippen LogP contribution in [0.1, 0.15) is 62.1 Å². The van der Waals surface area contributed by atoms with Gasteiger partial charge in [-0.05, 0) is 56.3 Å². The smallest absolute Gasteiger partial charge is 0.0323 e. The third-order valence-corrected chi connectivity index (χ3v) is 5.14. The molecule has 1 aliphatic heterocycles. The Morgan fingerprint density at radius 2 is 1.76 bits per heavy atom. The zero-order chi connectivity index (χ0) is 14.3. The number of benzene rings is 1. The SMILES string of the molecule is c1ccc2c(c1)CCCCC2NCCN1CCCCCC1. The van der Waals surface area contributed by atoms with Crippen LogP contribution in [-0.4, -0.2) is 31.1 Å². The lowest BCUT2D eigenvalue weighted by atomic mass is 9.99. The van der Waals surface area contributed by atoms with Crippen LogP contribution < -0.4 is 5.32 Å². The predicted octanol–water partition coefficient (Wildman–Crippen LogP) is 3.92. The standard InChI is InChI=1S/C19H30N2/c1-2-8-15-21(14-7-1)16-13-20-19-12-6-4-10-17-9-3-5-11-18(17)19/h3,5,9,11,19-20H,1-2,4,6-8,10,12-16H2. The van der Waals surface area contributed by atoms with Gasteiger partial charge in [0.05, 0.1) is 0 Å². The van der Waals surface area contributed by atoms with E-state index >= 15 is 0 Å². The van der Waals surface area contributed by atoms with Crippen LogP contribution in [0, 0.1) is 0 Å². The quantitative estimate of drug-likeness (QED) is 0.844. The molecule has 1 atom stereocenters. The fourth-order valence-corrected chi connectivity index (χ4v) is 3.89. The first kappa shape index (κ1) is 15.1. The molecule has 0 spiro atoms. The number of nitrogens with one attached hydrogen (secondary N) is 1. The largest absolute Gasteiger partial charge is 0.309 e. The van der Waals surface area contributed by atoms with E-state index in [0.717, 1.165) is 6.54 Å². The molecule has 1 saturated heterocycles. The number of rotatable bonds is 4. The van der Waals surface area contributed by atoms with Crippen molar-refractivity contribution in [3.63, 3.8) is 0 Å². The minimum atomic E-state index is 0.579. The zero-order valence-electron chi connectivity index (χ0n) is 13.3. The highest BCUT2D eigenvalue weighted by molar-refractivity contribution is 5.31. The molecule has 1 aliphatic carbocycles. The molecule has 1 heterocycles. The Kier molecular flexibility index (Phi) is 5.70. The Morgan fingerprint density at radius 3 is 2.62 bits per heavy atom. The van der Waals surface area contributed by atoms with Crippen LogP contribution in [0.2, 0.25) is 0 Å². The summed E-state index contributed by atoms with van der Waals surface area (Å²) in [6, 6.07) is 9.64. The summed E-state index contributed by atoms with van der Waals surface area (Å²) < 4.78 is 0. The maximum atomic E-state index is 3.84. The zero-order valence-corrected chi connectivity index (χ0v) is 13.3. The number of hydrogen-bond acceptors (Lipinski definition) is 2. The molecule has 0 bridgehead atoms. The minimum absolute atomic E-state index is 0.579. The van der Waals surface area contributed by atoms with Crippen molar-refractivity contribution in [1.29, 1.82) is 0 Å². The fourth-order valence-electron chi connectivity index (χ4n) is 3.89. The molecule has 21 heavy (non-hydrogen) atoms. The molecule has 1 unspecified atom stereocenters. The first-order chi connectivity index (χ1) is 10.4. The summed E-state index contributed by atoms with van der Waals surface area (Å²) in [6.07, 6.45) is 10.9. The molecule has 0 radical (unpaired) electrons. The third-order valence-electron chi connectivity index (χ3n) is 5.14. The molecular weight excluding hydrogens is 256 g/mol. The minimum Gasteiger partial charge on any atom is -0.309 e. The number of hydrogen-bond donors (Lipinski definition) is 1. The second-order valence-electron chi connectivity index (χ2n) is 6.71. The van der Waals surface area contributed by atoms with Gasteiger partial charge in [-0.15, -0.1) is 0 Å². The van der Waals surface area contributed by atoms with Crippen LogP contribution in [-0.2, 0) is 6.42 Å². The Hall–Kier alpha value is -0.860. The molecule has 0 amide bonds. The van der Waals surface area contributed by atoms with Crippen molar-refractivity contribution in [3.8, 4) is 0 Å². The number of fused-ring (bicyclic) bond motifs is 1. The van der Waals surface area contributed by atoms with Gasteiger partial charge in [0.15, 0.2) is 0 Å². The van der Waals surface area contributed by atoms with Crippen molar-refractivity contribution in [2.45, 2.75) is 57.4 Å². The van der Waals surface area contributed by atoms with Gasteiger partial charge < -0.3 is 10.2 Å². The fraction of sp³-hybridized carbons (Fsp3) is 0.684. The van der Waals surface area contributed by atoms with E-state index in [2.05, 4.69) is 34.5 Å². The van der Waals surface area contributed by atoms with Gasteiger partial charge in [0.2, 0.25) is 0 Å². The van der Waals surface area contributed by atoms with Crippen LogP contribution in [0.3, 0.4) is 0 Å². The van der Waals surface area contributed by atoms with Gasteiger partial charge in [0.25, 0.3) is 0 Å². The summed E-state index contributed by atoms with van der Waals surface area (Å²) in [5.41, 5.74) is 3.13. The van der Waals surface area contributed by atoms with E-state index in [-0.39, 0.29) is 0 Å². The molecule has 1 aromatic carbocycles. The van der Waals surface area contributed by atoms with Crippen LogP contribution in [0.25, 0.3) is 0 Å². The molecule has 1 fully saturated rings. The van der Waals surface area contributed by atoms with E-state index in [9.17, 15) is 0 Å². The van der Waals surface area contributed by atoms with E-state index < -0.39 is 0 Å². The average Bonchev–Trinajstić information content (AvgIpc) is 2.89. The molecule has 0 saturated carbocycles. The second kappa shape index (κ2) is 7.95. The summed E-state index contributed by atoms with van der Waals surface area (Å²) in [6.45, 7) is 4.98. The van der Waals surface area contributed by atoms with E-state index in [0.29, 0.717) is 6.04 Å². The van der Waals surface area contributed by atoms with Crippen LogP contribution in [0.4, 0.5) is 0 Å². The molecule has 2 nitrogen and oxygen atoms in total. The van der Waals surface area contributed by atoms with Crippen molar-refractivity contribution in [2.24, 2.45) is 0 Å². The molecular formula is C19H30N2. The molecule has 0 aromatic heterocycles. The highest BCUT2D eigenvalue weighted by Crippen LogP contribution is 2.28. The lowest BCUT2D eigenvalue weighted by molar-refractivity contribution is 0.278. The van der Waals surface area contributed by atoms with Gasteiger partial charge >= 0.3 is 0 Å². The Bertz CT molecular complexity index is 421. The molecule has 3 rings (SSSR count). The average molecular weight is 286 g/mol. The Balaban J connectivity index is 1.52. The topological polar surface area (TPSA) is 15.3 Å². The second-order valence-corrected chi connectivity index (χ2v) is 6.71. The number of nitrogens with zero attached hydrogens (tertiary/aromatic N) is 1. The summed E-state index contributed by atoms with van der Waals surface area (Å²) in [4.78, 5) is 2.66. The van der Waals surface area contributed by atoms with Crippen molar-refractivity contribution in [2.75, 3.05) is 26.2 Å².